The Bertz CT molecular complexity index is 529. The van der Waals surface area contributed by atoms with Crippen molar-refractivity contribution in [2.45, 2.75) is 4.90 Å². The van der Waals surface area contributed by atoms with Crippen molar-refractivity contribution in [3.8, 4) is 5.75 Å². The second-order valence-corrected chi connectivity index (χ2v) is 4.05. The third-order valence-electron chi connectivity index (χ3n) is 1.58. The summed E-state index contributed by atoms with van der Waals surface area (Å²) in [5, 5.41) is 21.6. The summed E-state index contributed by atoms with van der Waals surface area (Å²) < 4.78 is 29.9. The van der Waals surface area contributed by atoms with Crippen LogP contribution in [0.5, 0.6) is 5.75 Å². The van der Waals surface area contributed by atoms with Crippen molar-refractivity contribution in [3.05, 3.63) is 17.7 Å². The van der Waals surface area contributed by atoms with Gasteiger partial charge in [-0.1, -0.05) is 5.75 Å². The Morgan fingerprint density at radius 1 is 1.29 bits per heavy atom. The van der Waals surface area contributed by atoms with Crippen LogP contribution in [0.4, 0.5) is 5.69 Å². The molecule has 0 aliphatic carbocycles. The van der Waals surface area contributed by atoms with Gasteiger partial charge in [0.2, 0.25) is 0 Å². The summed E-state index contributed by atoms with van der Waals surface area (Å²) in [7, 11) is -4.80. The van der Waals surface area contributed by atoms with Crippen molar-refractivity contribution in [2.75, 3.05) is 5.73 Å². The van der Waals surface area contributed by atoms with E-state index in [1.807, 2.05) is 0 Å². The zero-order valence-corrected chi connectivity index (χ0v) is 13.9. The molecule has 82 valence electrons. The van der Waals surface area contributed by atoms with Gasteiger partial charge in [-0.3, -0.25) is 4.55 Å². The largest absolute Gasteiger partial charge is 1.00 e. The van der Waals surface area contributed by atoms with Gasteiger partial charge in [-0.25, -0.2) is 0 Å². The van der Waals surface area contributed by atoms with E-state index in [1.54, 1.807) is 0 Å². The van der Waals surface area contributed by atoms with Gasteiger partial charge in [0.25, 0.3) is 10.1 Å². The van der Waals surface area contributed by atoms with Crippen LogP contribution in [0.3, 0.4) is 0 Å². The van der Waals surface area contributed by atoms with Crippen molar-refractivity contribution in [3.63, 3.8) is 0 Å². The van der Waals surface area contributed by atoms with E-state index in [-0.39, 0.29) is 64.8 Å². The minimum atomic E-state index is -4.80. The molecule has 1 aromatic carbocycles. The Balaban J connectivity index is 0. The van der Waals surface area contributed by atoms with E-state index in [9.17, 15) is 23.4 Å². The van der Waals surface area contributed by atoms with Crippen LogP contribution in [-0.2, 0) is 10.1 Å². The molecule has 0 radical (unpaired) electrons. The normalized spacial score (nSPS) is 9.94. The predicted octanol–water partition coefficient (Wildman–Crippen LogP) is -8.04. The molecule has 0 bridgehead atoms. The summed E-state index contributed by atoms with van der Waals surface area (Å²) in [5.74, 6) is -3.22. The number of carboxylic acids is 1. The summed E-state index contributed by atoms with van der Waals surface area (Å²) in [6.07, 6.45) is 0. The second kappa shape index (κ2) is 6.95. The summed E-state index contributed by atoms with van der Waals surface area (Å²) in [4.78, 5) is 9.33. The number of carboxylic acid groups (broad SMARTS) is 1. The molecule has 7 nitrogen and oxygen atoms in total. The molecule has 0 fully saturated rings. The van der Waals surface area contributed by atoms with Crippen LogP contribution in [0.15, 0.2) is 17.0 Å². The van der Waals surface area contributed by atoms with Gasteiger partial charge in [0.05, 0.1) is 10.9 Å². The number of nitrogen functional groups attached to an aromatic ring is 1. The van der Waals surface area contributed by atoms with E-state index in [2.05, 4.69) is 0 Å². The number of anilines is 1. The third-order valence-corrected chi connectivity index (χ3v) is 2.43. The molecule has 0 amide bonds. The maximum Gasteiger partial charge on any atom is 1.00 e. The maximum absolute atomic E-state index is 11.2. The maximum atomic E-state index is 11.2. The van der Waals surface area contributed by atoms with Gasteiger partial charge >= 0.3 is 59.1 Å². The van der Waals surface area contributed by atoms with Gasteiger partial charge in [0, 0.05) is 5.69 Å². The Hall–Kier alpha value is 0.200. The van der Waals surface area contributed by atoms with Crippen molar-refractivity contribution in [1.82, 2.24) is 0 Å². The first-order valence-corrected chi connectivity index (χ1v) is 4.97. The van der Waals surface area contributed by atoms with Crippen LogP contribution in [0, 0.1) is 0 Å². The summed E-state index contributed by atoms with van der Waals surface area (Å²) in [6, 6.07) is 1.43. The molecule has 0 aliphatic rings. The van der Waals surface area contributed by atoms with E-state index in [0.29, 0.717) is 6.07 Å². The number of rotatable bonds is 2. The van der Waals surface area contributed by atoms with Gasteiger partial charge < -0.3 is 20.7 Å². The average Bonchev–Trinajstić information content (AvgIpc) is 2.06. The van der Waals surface area contributed by atoms with Gasteiger partial charge in [-0.2, -0.15) is 8.42 Å². The van der Waals surface area contributed by atoms with Crippen LogP contribution in [0.2, 0.25) is 0 Å². The topological polar surface area (TPSA) is 144 Å². The molecule has 10 heteroatoms. The molecule has 0 spiro atoms. The smallest absolute Gasteiger partial charge is 0.871 e. The summed E-state index contributed by atoms with van der Waals surface area (Å²) >= 11 is 0. The van der Waals surface area contributed by atoms with Crippen LogP contribution in [0.1, 0.15) is 10.4 Å². The first kappa shape index (κ1) is 19.5. The Kier molecular flexibility index (Phi) is 7.99. The SMILES string of the molecule is Nc1cc(C(=O)[O-])c([O-])c(S(=O)(=O)O)c1.[Na+].[Na+]. The van der Waals surface area contributed by atoms with Gasteiger partial charge in [0.15, 0.2) is 0 Å². The average molecular weight is 277 g/mol. The quantitative estimate of drug-likeness (QED) is 0.310. The number of carbonyl (C=O) groups excluding carboxylic acids is 1. The van der Waals surface area contributed by atoms with Crippen LogP contribution < -0.4 is 75.1 Å². The molecule has 0 aliphatic heterocycles. The molecular weight excluding hydrogens is 272 g/mol. The Morgan fingerprint density at radius 3 is 2.12 bits per heavy atom. The van der Waals surface area contributed by atoms with Crippen molar-refractivity contribution < 1.29 is 87.1 Å². The van der Waals surface area contributed by atoms with E-state index in [4.69, 9.17) is 10.3 Å². The van der Waals surface area contributed by atoms with E-state index < -0.39 is 32.3 Å². The van der Waals surface area contributed by atoms with Crippen LogP contribution >= 0.6 is 0 Å². The zero-order valence-electron chi connectivity index (χ0n) is 9.13. The minimum absolute atomic E-state index is 0. The molecule has 17 heavy (non-hydrogen) atoms. The predicted molar refractivity (Wildman–Crippen MR) is 44.4 cm³/mol. The number of carbonyl (C=O) groups is 1. The summed E-state index contributed by atoms with van der Waals surface area (Å²) in [5.41, 5.74) is 3.97. The van der Waals surface area contributed by atoms with Crippen molar-refractivity contribution in [2.24, 2.45) is 0 Å². The number of hydrogen-bond acceptors (Lipinski definition) is 6. The van der Waals surface area contributed by atoms with Crippen molar-refractivity contribution >= 4 is 21.8 Å². The fraction of sp³-hybridized carbons (Fsp3) is 0. The second-order valence-electron chi connectivity index (χ2n) is 2.66. The van der Waals surface area contributed by atoms with Crippen LogP contribution in [-0.4, -0.2) is 18.9 Å². The number of aromatic carboxylic acids is 1. The first-order chi connectivity index (χ1) is 6.73. The molecule has 0 atom stereocenters. The number of nitrogens with two attached hydrogens (primary N) is 1. The van der Waals surface area contributed by atoms with E-state index >= 15 is 0 Å². The van der Waals surface area contributed by atoms with Gasteiger partial charge in [0.1, 0.15) is 0 Å². The fourth-order valence-corrected chi connectivity index (χ4v) is 1.60. The van der Waals surface area contributed by atoms with Crippen molar-refractivity contribution in [1.29, 1.82) is 0 Å². The Labute approximate surface area is 141 Å². The number of hydrogen-bond donors (Lipinski definition) is 2. The monoisotopic (exact) mass is 277 g/mol. The van der Waals surface area contributed by atoms with Gasteiger partial charge in [-0.15, -0.1) is 0 Å². The molecule has 3 N–H and O–H groups in total. The standard InChI is InChI=1S/C7H7NO6S.2Na/c8-3-1-4(7(10)11)6(9)5(2-3)15(12,13)14;;/h1-2,9H,8H2,(H,10,11)(H,12,13,14);;/q;2*+1/p-2. The molecule has 0 heterocycles. The molecule has 0 saturated carbocycles. The van der Waals surface area contributed by atoms with Gasteiger partial charge in [-0.05, 0) is 17.7 Å². The van der Waals surface area contributed by atoms with E-state index in [0.717, 1.165) is 6.07 Å². The third kappa shape index (κ3) is 4.76. The fourth-order valence-electron chi connectivity index (χ4n) is 0.967. The molecule has 0 unspecified atom stereocenters. The minimum Gasteiger partial charge on any atom is -0.871 e. The number of benzene rings is 1. The van der Waals surface area contributed by atoms with E-state index in [1.165, 1.54) is 0 Å². The molecular formula is C7H5NNa2O6S. The first-order valence-electron chi connectivity index (χ1n) is 3.53. The van der Waals surface area contributed by atoms with Crippen LogP contribution in [0.25, 0.3) is 0 Å². The summed E-state index contributed by atoms with van der Waals surface area (Å²) in [6.45, 7) is 0. The molecule has 0 aromatic heterocycles. The Morgan fingerprint density at radius 2 is 1.76 bits per heavy atom. The molecule has 0 saturated heterocycles. The molecule has 1 rings (SSSR count). The zero-order chi connectivity index (χ0) is 11.8. The molecule has 1 aromatic rings.